The summed E-state index contributed by atoms with van der Waals surface area (Å²) in [4.78, 5) is 41.7. The Morgan fingerprint density at radius 2 is 0.524 bits per heavy atom. The van der Waals surface area contributed by atoms with Crippen LogP contribution in [0.25, 0.3) is 0 Å². The van der Waals surface area contributed by atoms with Crippen LogP contribution in [0.1, 0.15) is 158 Å². The quantitative estimate of drug-likeness (QED) is 0.0923. The third-order valence-electron chi connectivity index (χ3n) is 6.99. The van der Waals surface area contributed by atoms with E-state index in [1.807, 2.05) is 27.7 Å². The number of carboxylic acid groups (broad SMARTS) is 4. The molecular formula is C32H64Ni2O8. The Hall–Kier alpha value is -1.13. The summed E-state index contributed by atoms with van der Waals surface area (Å²) in [7, 11) is 0. The van der Waals surface area contributed by atoms with Gasteiger partial charge < -0.3 is 20.4 Å². The number of rotatable bonds is 20. The molecule has 0 aromatic rings. The average molecular weight is 694 g/mol. The minimum absolute atomic E-state index is 0. The fourth-order valence-electron chi connectivity index (χ4n) is 3.81. The minimum Gasteiger partial charge on any atom is -0.481 e. The van der Waals surface area contributed by atoms with Gasteiger partial charge in [0.25, 0.3) is 0 Å². The van der Waals surface area contributed by atoms with Gasteiger partial charge in [0, 0.05) is 33.0 Å². The zero-order valence-corrected chi connectivity index (χ0v) is 29.7. The van der Waals surface area contributed by atoms with Gasteiger partial charge in [-0.05, 0) is 51.4 Å². The smallest absolute Gasteiger partial charge is 0.306 e. The van der Waals surface area contributed by atoms with E-state index in [9.17, 15) is 19.2 Å². The van der Waals surface area contributed by atoms with Gasteiger partial charge in [-0.15, -0.1) is 0 Å². The molecule has 0 aromatic heterocycles. The summed E-state index contributed by atoms with van der Waals surface area (Å²) in [6.07, 6.45) is 14.9. The number of aliphatic carboxylic acids is 4. The van der Waals surface area contributed by atoms with E-state index < -0.39 is 23.9 Å². The Kier molecular flexibility index (Phi) is 50.7. The second kappa shape index (κ2) is 39.9. The van der Waals surface area contributed by atoms with Crippen LogP contribution < -0.4 is 0 Å². The van der Waals surface area contributed by atoms with Crippen LogP contribution in [0, 0.1) is 23.7 Å². The van der Waals surface area contributed by atoms with Gasteiger partial charge in [0.2, 0.25) is 0 Å². The second-order valence-electron chi connectivity index (χ2n) is 10.3. The second-order valence-corrected chi connectivity index (χ2v) is 10.3. The first kappa shape index (κ1) is 53.4. The molecule has 0 aliphatic rings. The van der Waals surface area contributed by atoms with Crippen molar-refractivity contribution in [2.75, 3.05) is 0 Å². The van der Waals surface area contributed by atoms with Gasteiger partial charge in [-0.3, -0.25) is 19.2 Å². The van der Waals surface area contributed by atoms with Crippen LogP contribution in [-0.4, -0.2) is 44.3 Å². The fourth-order valence-corrected chi connectivity index (χ4v) is 3.81. The van der Waals surface area contributed by atoms with E-state index >= 15 is 0 Å². The molecule has 4 unspecified atom stereocenters. The van der Waals surface area contributed by atoms with Gasteiger partial charge in [0.05, 0.1) is 23.7 Å². The van der Waals surface area contributed by atoms with Crippen LogP contribution in [0.5, 0.6) is 0 Å². The zero-order chi connectivity index (χ0) is 31.9. The molecule has 0 amide bonds. The molecule has 0 bridgehead atoms. The van der Waals surface area contributed by atoms with Crippen molar-refractivity contribution < 1.29 is 72.6 Å². The van der Waals surface area contributed by atoms with E-state index in [0.29, 0.717) is 0 Å². The van der Waals surface area contributed by atoms with Crippen molar-refractivity contribution in [3.8, 4) is 0 Å². The van der Waals surface area contributed by atoms with Crippen molar-refractivity contribution in [3.05, 3.63) is 0 Å². The number of carbonyl (C=O) groups is 4. The average Bonchev–Trinajstić information content (AvgIpc) is 2.91. The predicted molar refractivity (Wildman–Crippen MR) is 164 cm³/mol. The standard InChI is InChI=1S/4C8H16O2.2Ni/c4*1-3-5-6-7(4-2)8(9)10;;/h4*7H,3-6H2,1-2H3,(H,9,10);;. The van der Waals surface area contributed by atoms with Crippen LogP contribution >= 0.6 is 0 Å². The summed E-state index contributed by atoms with van der Waals surface area (Å²) < 4.78 is 0. The third kappa shape index (κ3) is 36.9. The van der Waals surface area contributed by atoms with E-state index in [4.69, 9.17) is 20.4 Å². The molecule has 0 saturated carbocycles. The molecule has 10 heteroatoms. The van der Waals surface area contributed by atoms with Crippen LogP contribution in [-0.2, 0) is 52.2 Å². The van der Waals surface area contributed by atoms with E-state index in [1.165, 1.54) is 0 Å². The summed E-state index contributed by atoms with van der Waals surface area (Å²) in [5.41, 5.74) is 0. The molecule has 0 aliphatic carbocycles. The van der Waals surface area contributed by atoms with E-state index in [0.717, 1.165) is 103 Å². The van der Waals surface area contributed by atoms with Crippen molar-refractivity contribution in [3.63, 3.8) is 0 Å². The van der Waals surface area contributed by atoms with Crippen molar-refractivity contribution >= 4 is 23.9 Å². The van der Waals surface area contributed by atoms with E-state index in [2.05, 4.69) is 27.7 Å². The van der Waals surface area contributed by atoms with Gasteiger partial charge in [0.15, 0.2) is 0 Å². The molecule has 0 fully saturated rings. The van der Waals surface area contributed by atoms with Crippen LogP contribution in [0.2, 0.25) is 0 Å². The molecule has 4 N–H and O–H groups in total. The molecule has 0 heterocycles. The first-order chi connectivity index (χ1) is 18.9. The Balaban J connectivity index is -0.000000101. The molecule has 0 spiro atoms. The molecule has 4 atom stereocenters. The Labute approximate surface area is 277 Å². The summed E-state index contributed by atoms with van der Waals surface area (Å²) in [5, 5.41) is 34.4. The number of carboxylic acids is 4. The van der Waals surface area contributed by atoms with E-state index in [-0.39, 0.29) is 56.7 Å². The summed E-state index contributed by atoms with van der Waals surface area (Å²) in [5.74, 6) is -3.02. The molecule has 0 radical (unpaired) electrons. The number of hydrogen-bond donors (Lipinski definition) is 4. The Bertz CT molecular complexity index is 513. The molecule has 0 aliphatic heterocycles. The Morgan fingerprint density at radius 3 is 0.595 bits per heavy atom. The van der Waals surface area contributed by atoms with E-state index in [1.54, 1.807) is 0 Å². The molecule has 0 rings (SSSR count). The number of hydrogen-bond acceptors (Lipinski definition) is 4. The van der Waals surface area contributed by atoms with Crippen molar-refractivity contribution in [1.29, 1.82) is 0 Å². The topological polar surface area (TPSA) is 149 Å². The SMILES string of the molecule is CCCCC(CC)C(=O)O.CCCCC(CC)C(=O)O.CCCCC(CC)C(=O)O.CCCCC(CC)C(=O)O.[Ni].[Ni]. The molecule has 260 valence electrons. The molecule has 8 nitrogen and oxygen atoms in total. The van der Waals surface area contributed by atoms with Gasteiger partial charge in [-0.1, -0.05) is 107 Å². The maximum atomic E-state index is 10.4. The molecule has 0 saturated heterocycles. The maximum Gasteiger partial charge on any atom is 0.306 e. The monoisotopic (exact) mass is 692 g/mol. The third-order valence-corrected chi connectivity index (χ3v) is 6.99. The zero-order valence-electron chi connectivity index (χ0n) is 27.7. The first-order valence-electron chi connectivity index (χ1n) is 15.8. The summed E-state index contributed by atoms with van der Waals surface area (Å²) in [6, 6.07) is 0. The fraction of sp³-hybridized carbons (Fsp3) is 0.875. The van der Waals surface area contributed by atoms with Crippen LogP contribution in [0.3, 0.4) is 0 Å². The van der Waals surface area contributed by atoms with Crippen molar-refractivity contribution in [1.82, 2.24) is 0 Å². The van der Waals surface area contributed by atoms with Crippen molar-refractivity contribution in [2.45, 2.75) is 158 Å². The largest absolute Gasteiger partial charge is 0.481 e. The van der Waals surface area contributed by atoms with Gasteiger partial charge >= 0.3 is 23.9 Å². The van der Waals surface area contributed by atoms with Crippen LogP contribution in [0.15, 0.2) is 0 Å². The summed E-state index contributed by atoms with van der Waals surface area (Å²) >= 11 is 0. The first-order valence-corrected chi connectivity index (χ1v) is 15.8. The maximum absolute atomic E-state index is 10.4. The van der Waals surface area contributed by atoms with Gasteiger partial charge in [-0.25, -0.2) is 0 Å². The number of unbranched alkanes of at least 4 members (excludes halogenated alkanes) is 4. The van der Waals surface area contributed by atoms with Crippen LogP contribution in [0.4, 0.5) is 0 Å². The normalized spacial score (nSPS) is 12.4. The minimum atomic E-state index is -0.643. The van der Waals surface area contributed by atoms with Gasteiger partial charge in [-0.2, -0.15) is 0 Å². The molecule has 42 heavy (non-hydrogen) atoms. The molecule has 0 aromatic carbocycles. The van der Waals surface area contributed by atoms with Gasteiger partial charge in [0.1, 0.15) is 0 Å². The Morgan fingerprint density at radius 1 is 0.381 bits per heavy atom. The predicted octanol–water partition coefficient (Wildman–Crippen LogP) is 9.14. The summed E-state index contributed by atoms with van der Waals surface area (Å²) in [6.45, 7) is 16.0. The molecular weight excluding hydrogens is 630 g/mol. The van der Waals surface area contributed by atoms with Crippen molar-refractivity contribution in [2.24, 2.45) is 23.7 Å².